The first-order valence-corrected chi connectivity index (χ1v) is 12.0. The molecule has 0 N–H and O–H groups in total. The van der Waals surface area contributed by atoms with Crippen LogP contribution in [0.3, 0.4) is 0 Å². The highest BCUT2D eigenvalue weighted by molar-refractivity contribution is 5.78. The van der Waals surface area contributed by atoms with Crippen molar-refractivity contribution in [1.82, 2.24) is 0 Å². The van der Waals surface area contributed by atoms with Gasteiger partial charge in [0.05, 0.1) is 12.5 Å². The van der Waals surface area contributed by atoms with Crippen LogP contribution in [0.1, 0.15) is 122 Å². The summed E-state index contributed by atoms with van der Waals surface area (Å²) < 4.78 is 5.29. The topological polar surface area (TPSA) is 26.3 Å². The molecule has 0 radical (unpaired) electrons. The molecule has 0 saturated heterocycles. The minimum Gasteiger partial charge on any atom is -0.466 e. The van der Waals surface area contributed by atoms with Crippen LogP contribution >= 0.6 is 0 Å². The minimum atomic E-state index is -0.0986. The molecule has 28 heavy (non-hydrogen) atoms. The highest BCUT2D eigenvalue weighted by Crippen LogP contribution is 2.24. The molecule has 0 aliphatic carbocycles. The molecule has 0 fully saturated rings. The van der Waals surface area contributed by atoms with E-state index in [1.54, 1.807) is 0 Å². The van der Waals surface area contributed by atoms with Gasteiger partial charge in [-0.2, -0.15) is 0 Å². The molecular weight excluding hydrogens is 344 g/mol. The smallest absolute Gasteiger partial charge is 0.313 e. The first-order chi connectivity index (χ1) is 13.8. The van der Waals surface area contributed by atoms with Crippen molar-refractivity contribution in [2.45, 2.75) is 116 Å². The number of benzene rings is 1. The second-order valence-electron chi connectivity index (χ2n) is 8.10. The molecule has 0 aliphatic rings. The monoisotopic (exact) mass is 388 g/mol. The normalized spacial score (nSPS) is 12.1. The first kappa shape index (κ1) is 24.7. The van der Waals surface area contributed by atoms with Gasteiger partial charge in [0.1, 0.15) is 0 Å². The van der Waals surface area contributed by atoms with E-state index < -0.39 is 0 Å². The van der Waals surface area contributed by atoms with E-state index in [9.17, 15) is 4.79 Å². The summed E-state index contributed by atoms with van der Waals surface area (Å²) in [5, 5.41) is 0. The van der Waals surface area contributed by atoms with Gasteiger partial charge in [-0.15, -0.1) is 0 Å². The highest BCUT2D eigenvalue weighted by atomic mass is 16.5. The molecule has 0 spiro atoms. The number of hydrogen-bond donors (Lipinski definition) is 0. The Morgan fingerprint density at radius 1 is 0.714 bits per heavy atom. The fourth-order valence-corrected chi connectivity index (χ4v) is 3.89. The van der Waals surface area contributed by atoms with Gasteiger partial charge in [-0.1, -0.05) is 127 Å². The van der Waals surface area contributed by atoms with Crippen molar-refractivity contribution in [3.05, 3.63) is 35.9 Å². The molecule has 2 nitrogen and oxygen atoms in total. The lowest BCUT2D eigenvalue weighted by Crippen LogP contribution is -2.16. The molecule has 0 aliphatic heterocycles. The van der Waals surface area contributed by atoms with Gasteiger partial charge in [-0.3, -0.25) is 4.79 Å². The Labute approximate surface area is 174 Å². The number of unbranched alkanes of at least 4 members (excludes halogenated alkanes) is 13. The zero-order valence-corrected chi connectivity index (χ0v) is 18.6. The third-order valence-electron chi connectivity index (χ3n) is 5.62. The standard InChI is InChI=1S/C26H44O2/c1-3-5-6-7-8-9-10-11-12-13-14-15-16-20-23-25(26(27)28-4-2)24-21-18-17-19-22-24/h17-19,21-22,25H,3-16,20,23H2,1-2H3. The maximum Gasteiger partial charge on any atom is 0.313 e. The molecule has 0 saturated carbocycles. The molecule has 0 bridgehead atoms. The lowest BCUT2D eigenvalue weighted by molar-refractivity contribution is -0.145. The third-order valence-corrected chi connectivity index (χ3v) is 5.62. The lowest BCUT2D eigenvalue weighted by atomic mass is 9.93. The van der Waals surface area contributed by atoms with Gasteiger partial charge >= 0.3 is 5.97 Å². The van der Waals surface area contributed by atoms with Crippen LogP contribution in [0.2, 0.25) is 0 Å². The van der Waals surface area contributed by atoms with Crippen LogP contribution in [-0.2, 0) is 9.53 Å². The Bertz CT molecular complexity index is 469. The van der Waals surface area contributed by atoms with E-state index in [0.717, 1.165) is 18.4 Å². The van der Waals surface area contributed by atoms with Crippen molar-refractivity contribution in [1.29, 1.82) is 0 Å². The van der Waals surface area contributed by atoms with Crippen molar-refractivity contribution < 1.29 is 9.53 Å². The van der Waals surface area contributed by atoms with Crippen molar-refractivity contribution in [2.24, 2.45) is 0 Å². The Morgan fingerprint density at radius 2 is 1.18 bits per heavy atom. The van der Waals surface area contributed by atoms with E-state index in [-0.39, 0.29) is 11.9 Å². The average molecular weight is 389 g/mol. The third kappa shape index (κ3) is 12.2. The summed E-state index contributed by atoms with van der Waals surface area (Å²) in [6, 6.07) is 10.1. The van der Waals surface area contributed by atoms with Crippen molar-refractivity contribution in [3.63, 3.8) is 0 Å². The van der Waals surface area contributed by atoms with Gasteiger partial charge in [0.15, 0.2) is 0 Å². The molecule has 1 unspecified atom stereocenters. The predicted octanol–water partition coefficient (Wildman–Crippen LogP) is 8.20. The van der Waals surface area contributed by atoms with Crippen LogP contribution in [0, 0.1) is 0 Å². The lowest BCUT2D eigenvalue weighted by Gasteiger charge is -2.16. The number of carbonyl (C=O) groups is 1. The fourth-order valence-electron chi connectivity index (χ4n) is 3.89. The zero-order valence-electron chi connectivity index (χ0n) is 18.6. The summed E-state index contributed by atoms with van der Waals surface area (Å²) in [6.45, 7) is 4.62. The zero-order chi connectivity index (χ0) is 20.3. The molecule has 1 aromatic rings. The maximum atomic E-state index is 12.3. The highest BCUT2D eigenvalue weighted by Gasteiger charge is 2.21. The van der Waals surface area contributed by atoms with Gasteiger partial charge in [0, 0.05) is 0 Å². The second-order valence-corrected chi connectivity index (χ2v) is 8.10. The summed E-state index contributed by atoms with van der Waals surface area (Å²) in [7, 11) is 0. The molecule has 0 amide bonds. The number of hydrogen-bond acceptors (Lipinski definition) is 2. The molecule has 1 atom stereocenters. The van der Waals surface area contributed by atoms with E-state index in [4.69, 9.17) is 4.74 Å². The Kier molecular flexibility index (Phi) is 15.7. The van der Waals surface area contributed by atoms with Crippen LogP contribution in [0.25, 0.3) is 0 Å². The minimum absolute atomic E-state index is 0.0663. The maximum absolute atomic E-state index is 12.3. The summed E-state index contributed by atoms with van der Waals surface area (Å²) in [6.07, 6.45) is 19.9. The summed E-state index contributed by atoms with van der Waals surface area (Å²) in [4.78, 5) is 12.3. The summed E-state index contributed by atoms with van der Waals surface area (Å²) in [5.74, 6) is -0.165. The Balaban J connectivity index is 2.03. The van der Waals surface area contributed by atoms with Crippen molar-refractivity contribution >= 4 is 5.97 Å². The van der Waals surface area contributed by atoms with E-state index in [1.165, 1.54) is 83.5 Å². The molecule has 1 aromatic carbocycles. The Hall–Kier alpha value is -1.31. The largest absolute Gasteiger partial charge is 0.466 e. The molecule has 2 heteroatoms. The quantitative estimate of drug-likeness (QED) is 0.187. The molecule has 1 rings (SSSR count). The fraction of sp³-hybridized carbons (Fsp3) is 0.731. The van der Waals surface area contributed by atoms with Crippen LogP contribution < -0.4 is 0 Å². The molecule has 160 valence electrons. The first-order valence-electron chi connectivity index (χ1n) is 12.0. The predicted molar refractivity (Wildman–Crippen MR) is 121 cm³/mol. The van der Waals surface area contributed by atoms with Crippen LogP contribution in [-0.4, -0.2) is 12.6 Å². The number of esters is 1. The van der Waals surface area contributed by atoms with Gasteiger partial charge < -0.3 is 4.74 Å². The van der Waals surface area contributed by atoms with Gasteiger partial charge in [0.25, 0.3) is 0 Å². The Morgan fingerprint density at radius 3 is 1.64 bits per heavy atom. The van der Waals surface area contributed by atoms with E-state index in [1.807, 2.05) is 37.3 Å². The molecule has 0 aromatic heterocycles. The van der Waals surface area contributed by atoms with Crippen LogP contribution in [0.4, 0.5) is 0 Å². The second kappa shape index (κ2) is 17.8. The van der Waals surface area contributed by atoms with Crippen molar-refractivity contribution in [2.75, 3.05) is 6.61 Å². The van der Waals surface area contributed by atoms with E-state index in [0.29, 0.717) is 6.61 Å². The summed E-state index contributed by atoms with van der Waals surface area (Å²) in [5.41, 5.74) is 1.09. The molecular formula is C26H44O2. The number of rotatable bonds is 18. The number of carbonyl (C=O) groups excluding carboxylic acids is 1. The van der Waals surface area contributed by atoms with E-state index >= 15 is 0 Å². The average Bonchev–Trinajstić information content (AvgIpc) is 2.72. The van der Waals surface area contributed by atoms with Gasteiger partial charge in [0.2, 0.25) is 0 Å². The van der Waals surface area contributed by atoms with Crippen LogP contribution in [0.5, 0.6) is 0 Å². The van der Waals surface area contributed by atoms with Crippen LogP contribution in [0.15, 0.2) is 30.3 Å². The number of ether oxygens (including phenoxy) is 1. The molecule has 0 heterocycles. The summed E-state index contributed by atoms with van der Waals surface area (Å²) >= 11 is 0. The van der Waals surface area contributed by atoms with Gasteiger partial charge in [-0.25, -0.2) is 0 Å². The SMILES string of the molecule is CCCCCCCCCCCCCCCCC(C(=O)OCC)c1ccccc1. The van der Waals surface area contributed by atoms with Crippen molar-refractivity contribution in [3.8, 4) is 0 Å². The van der Waals surface area contributed by atoms with E-state index in [2.05, 4.69) is 6.92 Å². The van der Waals surface area contributed by atoms with Gasteiger partial charge in [-0.05, 0) is 18.9 Å².